The third-order valence-electron chi connectivity index (χ3n) is 2.99. The summed E-state index contributed by atoms with van der Waals surface area (Å²) < 4.78 is 4.96. The van der Waals surface area contributed by atoms with Crippen molar-refractivity contribution in [2.24, 2.45) is 0 Å². The van der Waals surface area contributed by atoms with Crippen molar-refractivity contribution in [3.63, 3.8) is 0 Å². The van der Waals surface area contributed by atoms with Gasteiger partial charge in [0, 0.05) is 0 Å². The second-order valence-corrected chi connectivity index (χ2v) is 6.91. The summed E-state index contributed by atoms with van der Waals surface area (Å²) in [4.78, 5) is 25.7. The van der Waals surface area contributed by atoms with Gasteiger partial charge in [-0.1, -0.05) is 53.2 Å². The first-order valence-electron chi connectivity index (χ1n) is 6.15. The molecule has 0 radical (unpaired) electrons. The van der Waals surface area contributed by atoms with Crippen molar-refractivity contribution in [1.29, 1.82) is 0 Å². The number of esters is 1. The zero-order chi connectivity index (χ0) is 16.4. The second kappa shape index (κ2) is 7.00. The van der Waals surface area contributed by atoms with Crippen LogP contribution in [0.3, 0.4) is 0 Å². The van der Waals surface area contributed by atoms with Crippen LogP contribution in [0, 0.1) is 0 Å². The summed E-state index contributed by atoms with van der Waals surface area (Å²) in [5, 5.41) is 0.833. The van der Waals surface area contributed by atoms with Gasteiger partial charge in [-0.15, -0.1) is 0 Å². The Hall–Kier alpha value is -1.08. The van der Waals surface area contributed by atoms with Gasteiger partial charge in [0.1, 0.15) is 10.4 Å². The van der Waals surface area contributed by atoms with Gasteiger partial charge in [0.2, 0.25) is 0 Å². The molecule has 2 rings (SSSR count). The third-order valence-corrected chi connectivity index (χ3v) is 5.06. The molecule has 0 unspecified atom stereocenters. The molecule has 116 valence electrons. The quantitative estimate of drug-likeness (QED) is 0.457. The van der Waals surface area contributed by atoms with Gasteiger partial charge in [0.05, 0.1) is 22.1 Å². The Morgan fingerprint density at radius 3 is 2.68 bits per heavy atom. The number of hydrogen-bond acceptors (Lipinski definition) is 5. The molecule has 22 heavy (non-hydrogen) atoms. The van der Waals surface area contributed by atoms with E-state index in [9.17, 15) is 9.59 Å². The zero-order valence-electron chi connectivity index (χ0n) is 11.6. The van der Waals surface area contributed by atoms with E-state index in [0.717, 1.165) is 17.3 Å². The maximum absolute atomic E-state index is 12.4. The van der Waals surface area contributed by atoms with E-state index in [1.54, 1.807) is 31.2 Å². The Kier molecular flexibility index (Phi) is 5.50. The van der Waals surface area contributed by atoms with Crippen LogP contribution in [-0.4, -0.2) is 34.2 Å². The van der Waals surface area contributed by atoms with Crippen LogP contribution in [0.4, 0.5) is 0 Å². The molecule has 1 aromatic rings. The number of halogens is 2. The maximum atomic E-state index is 12.4. The minimum Gasteiger partial charge on any atom is -0.467 e. The summed E-state index contributed by atoms with van der Waals surface area (Å²) in [5.74, 6) is -0.856. The predicted octanol–water partition coefficient (Wildman–Crippen LogP) is 3.76. The lowest BCUT2D eigenvalue weighted by Gasteiger charge is -2.20. The Bertz CT molecular complexity index is 691. The van der Waals surface area contributed by atoms with E-state index in [1.807, 2.05) is 0 Å². The fraction of sp³-hybridized carbons (Fsp3) is 0.214. The molecule has 4 nitrogen and oxygen atoms in total. The number of methoxy groups -OCH3 is 1. The van der Waals surface area contributed by atoms with E-state index in [-0.39, 0.29) is 5.91 Å². The fourth-order valence-corrected chi connectivity index (χ4v) is 3.57. The van der Waals surface area contributed by atoms with Gasteiger partial charge >= 0.3 is 5.97 Å². The lowest BCUT2D eigenvalue weighted by molar-refractivity contribution is -0.147. The number of amides is 1. The number of rotatable bonds is 3. The standard InChI is InChI=1S/C14H11Cl2NO3S2/c1-7(13(19)20-2)17-12(18)11(22-14(17)21)6-8-3-4-9(15)10(16)5-8/h3-7H,1-2H3/b11-6-/t7-/m1/s1. The molecule has 0 aromatic heterocycles. The number of thioether (sulfide) groups is 1. The number of hydrogen-bond donors (Lipinski definition) is 0. The molecular weight excluding hydrogens is 365 g/mol. The Morgan fingerprint density at radius 1 is 1.41 bits per heavy atom. The molecule has 0 aliphatic carbocycles. The summed E-state index contributed by atoms with van der Waals surface area (Å²) in [6.07, 6.45) is 1.66. The van der Waals surface area contributed by atoms with E-state index in [4.69, 9.17) is 35.4 Å². The van der Waals surface area contributed by atoms with Crippen molar-refractivity contribution >= 4 is 69.5 Å². The lowest BCUT2D eigenvalue weighted by atomic mass is 10.2. The highest BCUT2D eigenvalue weighted by molar-refractivity contribution is 8.26. The van der Waals surface area contributed by atoms with Gasteiger partial charge in [0.25, 0.3) is 5.91 Å². The molecule has 1 aromatic carbocycles. The van der Waals surface area contributed by atoms with E-state index < -0.39 is 12.0 Å². The van der Waals surface area contributed by atoms with Crippen LogP contribution in [0.5, 0.6) is 0 Å². The molecule has 8 heteroatoms. The first-order valence-corrected chi connectivity index (χ1v) is 8.13. The van der Waals surface area contributed by atoms with Crippen LogP contribution in [0.25, 0.3) is 6.08 Å². The highest BCUT2D eigenvalue weighted by Crippen LogP contribution is 2.34. The van der Waals surface area contributed by atoms with E-state index in [1.165, 1.54) is 12.0 Å². The summed E-state index contributed by atoms with van der Waals surface area (Å²) in [5.41, 5.74) is 0.723. The van der Waals surface area contributed by atoms with Crippen LogP contribution in [-0.2, 0) is 14.3 Å². The van der Waals surface area contributed by atoms with Crippen LogP contribution in [0.2, 0.25) is 10.0 Å². The molecule has 1 aliphatic heterocycles. The zero-order valence-corrected chi connectivity index (χ0v) is 14.8. The van der Waals surface area contributed by atoms with Crippen LogP contribution in [0.1, 0.15) is 12.5 Å². The van der Waals surface area contributed by atoms with Crippen molar-refractivity contribution in [2.45, 2.75) is 13.0 Å². The smallest absolute Gasteiger partial charge is 0.328 e. The van der Waals surface area contributed by atoms with Gasteiger partial charge in [-0.05, 0) is 30.7 Å². The molecule has 1 amide bonds. The average Bonchev–Trinajstić information content (AvgIpc) is 2.75. The Morgan fingerprint density at radius 2 is 2.09 bits per heavy atom. The predicted molar refractivity (Wildman–Crippen MR) is 93.0 cm³/mol. The van der Waals surface area contributed by atoms with Crippen molar-refractivity contribution in [2.75, 3.05) is 7.11 Å². The largest absolute Gasteiger partial charge is 0.467 e. The van der Waals surface area contributed by atoms with Gasteiger partial charge in [-0.2, -0.15) is 0 Å². The van der Waals surface area contributed by atoms with E-state index >= 15 is 0 Å². The highest BCUT2D eigenvalue weighted by atomic mass is 35.5. The summed E-state index contributed by atoms with van der Waals surface area (Å²) in [6, 6.07) is 4.27. The first kappa shape index (κ1) is 17.3. The number of nitrogens with zero attached hydrogens (tertiary/aromatic N) is 1. The number of benzene rings is 1. The molecule has 1 atom stereocenters. The maximum Gasteiger partial charge on any atom is 0.328 e. The number of ether oxygens (including phenoxy) is 1. The molecule has 1 saturated heterocycles. The molecule has 0 spiro atoms. The monoisotopic (exact) mass is 375 g/mol. The first-order chi connectivity index (χ1) is 10.3. The van der Waals surface area contributed by atoms with E-state index in [0.29, 0.717) is 19.3 Å². The van der Waals surface area contributed by atoms with Gasteiger partial charge < -0.3 is 4.74 Å². The number of carbonyl (C=O) groups excluding carboxylic acids is 2. The van der Waals surface area contributed by atoms with Gasteiger partial charge in [0.15, 0.2) is 0 Å². The Labute approximate surface area is 147 Å². The molecule has 1 fully saturated rings. The number of thiocarbonyl (C=S) groups is 1. The van der Waals surface area contributed by atoms with Crippen LogP contribution in [0.15, 0.2) is 23.1 Å². The third kappa shape index (κ3) is 3.46. The molecule has 0 bridgehead atoms. The van der Waals surface area contributed by atoms with Crippen LogP contribution >= 0.6 is 47.2 Å². The van der Waals surface area contributed by atoms with Crippen molar-refractivity contribution in [3.8, 4) is 0 Å². The SMILES string of the molecule is COC(=O)[C@@H](C)N1C(=O)/C(=C/c2ccc(Cl)c(Cl)c2)SC1=S. The normalized spacial score (nSPS) is 18.0. The fourth-order valence-electron chi connectivity index (χ4n) is 1.84. The minimum atomic E-state index is -0.766. The van der Waals surface area contributed by atoms with Crippen molar-refractivity contribution in [1.82, 2.24) is 4.90 Å². The molecular formula is C14H11Cl2NO3S2. The van der Waals surface area contributed by atoms with Crippen LogP contribution < -0.4 is 0 Å². The molecule has 1 heterocycles. The van der Waals surface area contributed by atoms with Crippen molar-refractivity contribution in [3.05, 3.63) is 38.7 Å². The van der Waals surface area contributed by atoms with Crippen molar-refractivity contribution < 1.29 is 14.3 Å². The molecule has 1 aliphatic rings. The molecule has 0 saturated carbocycles. The summed E-state index contributed by atoms with van der Waals surface area (Å²) in [6.45, 7) is 1.57. The second-order valence-electron chi connectivity index (χ2n) is 4.42. The highest BCUT2D eigenvalue weighted by Gasteiger charge is 2.38. The van der Waals surface area contributed by atoms with E-state index in [2.05, 4.69) is 4.74 Å². The number of carbonyl (C=O) groups is 2. The molecule has 0 N–H and O–H groups in total. The average molecular weight is 376 g/mol. The van der Waals surface area contributed by atoms with Gasteiger partial charge in [-0.3, -0.25) is 9.69 Å². The van der Waals surface area contributed by atoms with Gasteiger partial charge in [-0.25, -0.2) is 4.79 Å². The lowest BCUT2D eigenvalue weighted by Crippen LogP contribution is -2.42. The Balaban J connectivity index is 2.29. The topological polar surface area (TPSA) is 46.6 Å². The minimum absolute atomic E-state index is 0.314. The summed E-state index contributed by atoms with van der Waals surface area (Å²) >= 11 is 18.1. The summed E-state index contributed by atoms with van der Waals surface area (Å²) in [7, 11) is 1.27.